The Kier molecular flexibility index (Phi) is 3.28. The fraction of sp³-hybridized carbons (Fsp3) is 0.900. The van der Waals surface area contributed by atoms with Crippen molar-refractivity contribution in [2.24, 2.45) is 5.41 Å². The van der Waals surface area contributed by atoms with E-state index in [9.17, 15) is 9.90 Å². The van der Waals surface area contributed by atoms with Crippen molar-refractivity contribution in [3.8, 4) is 0 Å². The Morgan fingerprint density at radius 1 is 1.44 bits per heavy atom. The second-order valence-electron chi connectivity index (χ2n) is 5.19. The molecule has 1 heterocycles. The highest BCUT2D eigenvalue weighted by atomic mass is 16.3. The summed E-state index contributed by atoms with van der Waals surface area (Å²) >= 11 is 0. The Bertz CT molecular complexity index is 301. The molecule has 1 rings (SSSR count). The Morgan fingerprint density at radius 2 is 1.94 bits per heavy atom. The van der Waals surface area contributed by atoms with Crippen LogP contribution < -0.4 is 0 Å². The predicted molar refractivity (Wildman–Crippen MR) is 65.3 cm³/mol. The quantitative estimate of drug-likeness (QED) is 0.644. The van der Waals surface area contributed by atoms with Gasteiger partial charge >= 0.3 is 0 Å². The first-order chi connectivity index (χ1) is 7.06. The van der Waals surface area contributed by atoms with Gasteiger partial charge in [0.05, 0.1) is 23.5 Å². The van der Waals surface area contributed by atoms with Crippen molar-refractivity contribution >= 4 is 29.4 Å². The molecule has 1 fully saturated rings. The maximum Gasteiger partial charge on any atom is 0.253 e. The van der Waals surface area contributed by atoms with Crippen molar-refractivity contribution in [2.45, 2.75) is 44.5 Å². The van der Waals surface area contributed by atoms with E-state index in [1.807, 2.05) is 20.8 Å². The molecule has 0 saturated carbocycles. The molecule has 1 amide bonds. The summed E-state index contributed by atoms with van der Waals surface area (Å²) < 4.78 is 0. The van der Waals surface area contributed by atoms with Gasteiger partial charge in [0.2, 0.25) is 0 Å². The first-order valence-electron chi connectivity index (χ1n) is 5.47. The maximum absolute atomic E-state index is 12.1. The number of aliphatic hydroxyl groups is 1. The summed E-state index contributed by atoms with van der Waals surface area (Å²) in [6.45, 7) is 5.90. The van der Waals surface area contributed by atoms with E-state index in [0.717, 1.165) is 4.90 Å². The van der Waals surface area contributed by atoms with Gasteiger partial charge in [-0.15, -0.1) is 0 Å². The Hall–Kier alpha value is -0.375. The molecule has 6 heteroatoms. The van der Waals surface area contributed by atoms with Crippen molar-refractivity contribution in [1.82, 2.24) is 4.90 Å². The Balaban J connectivity index is 3.02. The minimum Gasteiger partial charge on any atom is -0.379 e. The van der Waals surface area contributed by atoms with Crippen molar-refractivity contribution in [3.05, 3.63) is 0 Å². The van der Waals surface area contributed by atoms with Gasteiger partial charge in [-0.05, 0) is 6.42 Å². The lowest BCUT2D eigenvalue weighted by atomic mass is 9.48. The van der Waals surface area contributed by atoms with E-state index in [-0.39, 0.29) is 6.54 Å². The van der Waals surface area contributed by atoms with Gasteiger partial charge in [0, 0.05) is 18.4 Å². The van der Waals surface area contributed by atoms with Crippen LogP contribution in [0.15, 0.2) is 0 Å². The summed E-state index contributed by atoms with van der Waals surface area (Å²) in [6.07, 6.45) is 0.982. The van der Waals surface area contributed by atoms with Crippen LogP contribution in [0.2, 0.25) is 0 Å². The van der Waals surface area contributed by atoms with E-state index in [1.54, 1.807) is 0 Å². The average molecular weight is 215 g/mol. The van der Waals surface area contributed by atoms with E-state index >= 15 is 0 Å². The van der Waals surface area contributed by atoms with Crippen LogP contribution in [0.5, 0.6) is 0 Å². The fourth-order valence-corrected chi connectivity index (χ4v) is 2.00. The molecule has 0 aromatic carbocycles. The first-order valence-corrected chi connectivity index (χ1v) is 5.47. The number of carbonyl (C=O) groups is 1. The molecule has 1 aliphatic heterocycles. The minimum atomic E-state index is -1.70. The van der Waals surface area contributed by atoms with E-state index in [4.69, 9.17) is 23.5 Å². The van der Waals surface area contributed by atoms with Crippen LogP contribution in [0.1, 0.15) is 33.6 Å². The normalized spacial score (nSPS) is 27.5. The standard InChI is InChI=1S/C10H16B3NO2/c1-4-8(2,3)9(16)5-6-14(7(9)15)10(11,12)13/h16H,4-6H2,1-3H3. The minimum absolute atomic E-state index is 0.280. The number of likely N-dealkylation sites (tertiary alicyclic amines) is 1. The molecule has 16 heavy (non-hydrogen) atoms. The molecule has 1 N–H and O–H groups in total. The molecule has 0 aromatic heterocycles. The summed E-state index contributed by atoms with van der Waals surface area (Å²) in [4.78, 5) is 13.2. The highest BCUT2D eigenvalue weighted by Gasteiger charge is 2.55. The van der Waals surface area contributed by atoms with E-state index in [2.05, 4.69) is 0 Å². The van der Waals surface area contributed by atoms with Crippen LogP contribution in [0.25, 0.3) is 0 Å². The number of rotatable bonds is 3. The van der Waals surface area contributed by atoms with Gasteiger partial charge in [0.15, 0.2) is 0 Å². The molecule has 1 saturated heterocycles. The number of carbonyl (C=O) groups excluding carboxylic acids is 1. The van der Waals surface area contributed by atoms with Crippen molar-refractivity contribution in [3.63, 3.8) is 0 Å². The third-order valence-electron chi connectivity index (χ3n) is 3.77. The van der Waals surface area contributed by atoms with Gasteiger partial charge in [-0.2, -0.15) is 0 Å². The van der Waals surface area contributed by atoms with E-state index < -0.39 is 22.2 Å². The van der Waals surface area contributed by atoms with Crippen LogP contribution >= 0.6 is 0 Å². The van der Waals surface area contributed by atoms with Crippen molar-refractivity contribution in [2.75, 3.05) is 6.54 Å². The fourth-order valence-electron chi connectivity index (χ4n) is 2.00. The van der Waals surface area contributed by atoms with E-state index in [0.29, 0.717) is 12.8 Å². The summed E-state index contributed by atoms with van der Waals surface area (Å²) in [7, 11) is 16.5. The summed E-state index contributed by atoms with van der Waals surface area (Å²) in [5, 5.41) is 8.76. The van der Waals surface area contributed by atoms with Gasteiger partial charge < -0.3 is 10.0 Å². The summed E-state index contributed by atoms with van der Waals surface area (Å²) in [5.74, 6) is -0.480. The van der Waals surface area contributed by atoms with Crippen LogP contribution in [0, 0.1) is 5.41 Å². The summed E-state index contributed by atoms with van der Waals surface area (Å²) in [5.41, 5.74) is -1.95. The predicted octanol–water partition coefficient (Wildman–Crippen LogP) is -0.497. The van der Waals surface area contributed by atoms with Crippen LogP contribution in [-0.2, 0) is 4.79 Å². The third-order valence-corrected chi connectivity index (χ3v) is 3.77. The Labute approximate surface area is 101 Å². The third kappa shape index (κ3) is 1.92. The second kappa shape index (κ2) is 3.83. The van der Waals surface area contributed by atoms with Gasteiger partial charge in [-0.3, -0.25) is 4.79 Å². The molecule has 0 bridgehead atoms. The molecule has 0 spiro atoms. The largest absolute Gasteiger partial charge is 0.379 e. The summed E-state index contributed by atoms with van der Waals surface area (Å²) in [6, 6.07) is 0. The molecule has 0 aromatic rings. The average Bonchev–Trinajstić information content (AvgIpc) is 2.44. The molecule has 1 atom stereocenters. The molecule has 1 aliphatic rings. The molecule has 3 nitrogen and oxygen atoms in total. The van der Waals surface area contributed by atoms with Crippen LogP contribution in [0.3, 0.4) is 0 Å². The number of nitrogens with zero attached hydrogens (tertiary/aromatic N) is 1. The lowest BCUT2D eigenvalue weighted by Gasteiger charge is -2.40. The van der Waals surface area contributed by atoms with Crippen molar-refractivity contribution in [1.29, 1.82) is 0 Å². The molecule has 0 aliphatic carbocycles. The molecule has 82 valence electrons. The Morgan fingerprint density at radius 3 is 2.25 bits per heavy atom. The molecule has 1 unspecified atom stereocenters. The number of hydrogen-bond acceptors (Lipinski definition) is 2. The monoisotopic (exact) mass is 215 g/mol. The lowest BCUT2D eigenvalue weighted by Crippen LogP contribution is -2.57. The molecule has 6 radical (unpaired) electrons. The number of hydrogen-bond donors (Lipinski definition) is 1. The SMILES string of the molecule is [B]C([B])([B])N1CCC(O)(C(C)(C)CC)C1=O. The van der Waals surface area contributed by atoms with Gasteiger partial charge in [-0.25, -0.2) is 0 Å². The second-order valence-corrected chi connectivity index (χ2v) is 5.19. The van der Waals surface area contributed by atoms with Gasteiger partial charge in [-0.1, -0.05) is 26.0 Å². The van der Waals surface area contributed by atoms with E-state index in [1.165, 1.54) is 0 Å². The van der Waals surface area contributed by atoms with Crippen LogP contribution in [0.4, 0.5) is 0 Å². The highest BCUT2D eigenvalue weighted by Crippen LogP contribution is 2.42. The maximum atomic E-state index is 12.1. The van der Waals surface area contributed by atoms with Gasteiger partial charge in [0.1, 0.15) is 5.60 Å². The van der Waals surface area contributed by atoms with Gasteiger partial charge in [0.25, 0.3) is 5.91 Å². The van der Waals surface area contributed by atoms with Crippen LogP contribution in [-0.4, -0.2) is 56.8 Å². The topological polar surface area (TPSA) is 40.5 Å². The zero-order chi connectivity index (χ0) is 12.8. The smallest absolute Gasteiger partial charge is 0.253 e. The van der Waals surface area contributed by atoms with Crippen molar-refractivity contribution < 1.29 is 9.90 Å². The zero-order valence-electron chi connectivity index (χ0n) is 10.2. The molecular formula is C10H16B3NO2. The number of amides is 1. The first kappa shape index (κ1) is 13.7. The highest BCUT2D eigenvalue weighted by molar-refractivity contribution is 6.59. The lowest BCUT2D eigenvalue weighted by molar-refractivity contribution is -0.155. The zero-order valence-corrected chi connectivity index (χ0v) is 10.2. The molecular weight excluding hydrogens is 199 g/mol.